The van der Waals surface area contributed by atoms with E-state index in [1.807, 2.05) is 31.4 Å². The summed E-state index contributed by atoms with van der Waals surface area (Å²) in [5.41, 5.74) is 2.96. The molecular weight excluding hydrogens is 552 g/mol. The molecule has 0 aliphatic rings. The van der Waals surface area contributed by atoms with Crippen molar-refractivity contribution in [3.8, 4) is 22.6 Å². The fourth-order valence-electron chi connectivity index (χ4n) is 4.16. The third-order valence-electron chi connectivity index (χ3n) is 6.35. The van der Waals surface area contributed by atoms with Crippen LogP contribution in [0.2, 0.25) is 0 Å². The largest absolute Gasteiger partial charge is 0.493 e. The highest BCUT2D eigenvalue weighted by Gasteiger charge is 2.24. The van der Waals surface area contributed by atoms with Gasteiger partial charge in [-0.25, -0.2) is 17.9 Å². The second-order valence-corrected chi connectivity index (χ2v) is 11.8. The molecule has 214 valence electrons. The summed E-state index contributed by atoms with van der Waals surface area (Å²) >= 11 is 1.49. The van der Waals surface area contributed by atoms with Gasteiger partial charge in [0.05, 0.1) is 19.1 Å². The zero-order valence-electron chi connectivity index (χ0n) is 22.9. The summed E-state index contributed by atoms with van der Waals surface area (Å²) in [5, 5.41) is 12.2. The maximum atomic E-state index is 13.3. The Morgan fingerprint density at radius 3 is 2.35 bits per heavy atom. The Morgan fingerprint density at radius 1 is 0.975 bits per heavy atom. The van der Waals surface area contributed by atoms with Crippen molar-refractivity contribution in [3.05, 3.63) is 77.4 Å². The molecule has 0 fully saturated rings. The number of nitrogens with one attached hydrogen (secondary N) is 2. The number of carbonyl (C=O) groups is 2. The molecular formula is C29H34N2O7S2. The third kappa shape index (κ3) is 7.77. The van der Waals surface area contributed by atoms with Crippen molar-refractivity contribution in [1.29, 1.82) is 0 Å². The van der Waals surface area contributed by atoms with Gasteiger partial charge in [0.15, 0.2) is 11.5 Å². The number of carboxylic acids is 1. The van der Waals surface area contributed by atoms with Crippen molar-refractivity contribution in [1.82, 2.24) is 10.0 Å². The van der Waals surface area contributed by atoms with Crippen molar-refractivity contribution in [2.24, 2.45) is 0 Å². The molecule has 40 heavy (non-hydrogen) atoms. The van der Waals surface area contributed by atoms with Gasteiger partial charge in [-0.05, 0) is 84.4 Å². The minimum atomic E-state index is -3.93. The highest BCUT2D eigenvalue weighted by molar-refractivity contribution is 7.98. The minimum Gasteiger partial charge on any atom is -0.493 e. The van der Waals surface area contributed by atoms with Gasteiger partial charge in [0.1, 0.15) is 6.04 Å². The molecule has 3 aromatic rings. The smallest absolute Gasteiger partial charge is 0.326 e. The van der Waals surface area contributed by atoms with E-state index >= 15 is 0 Å². The van der Waals surface area contributed by atoms with Gasteiger partial charge in [-0.1, -0.05) is 30.3 Å². The second-order valence-electron chi connectivity index (χ2n) is 9.01. The SMILES string of the molecule is COc1ccc(CCNS(=O)(=O)c2ccc(C(=O)N[C@@H](CCSC)C(=O)O)c(-c3ccccc3C)c2)cc1OC. The zero-order chi connectivity index (χ0) is 29.3. The first-order chi connectivity index (χ1) is 19.1. The first kappa shape index (κ1) is 31.0. The quantitative estimate of drug-likeness (QED) is 0.257. The number of rotatable bonds is 14. The van der Waals surface area contributed by atoms with Gasteiger partial charge in [-0.3, -0.25) is 4.79 Å². The van der Waals surface area contributed by atoms with Crippen molar-refractivity contribution in [2.45, 2.75) is 30.7 Å². The Hall–Kier alpha value is -3.54. The van der Waals surface area contributed by atoms with Crippen molar-refractivity contribution in [2.75, 3.05) is 32.8 Å². The molecule has 1 atom stereocenters. The summed E-state index contributed by atoms with van der Waals surface area (Å²) in [6, 6.07) is 15.9. The van der Waals surface area contributed by atoms with Gasteiger partial charge in [-0.2, -0.15) is 11.8 Å². The van der Waals surface area contributed by atoms with E-state index in [0.29, 0.717) is 34.8 Å². The first-order valence-electron chi connectivity index (χ1n) is 12.5. The Kier molecular flexibility index (Phi) is 11.0. The Balaban J connectivity index is 1.89. The maximum absolute atomic E-state index is 13.3. The summed E-state index contributed by atoms with van der Waals surface area (Å²) in [7, 11) is -0.850. The van der Waals surface area contributed by atoms with Crippen LogP contribution in [0.15, 0.2) is 65.6 Å². The average molecular weight is 587 g/mol. The van der Waals surface area contributed by atoms with Crippen LogP contribution in [0.5, 0.6) is 11.5 Å². The van der Waals surface area contributed by atoms with Crippen LogP contribution in [0, 0.1) is 6.92 Å². The number of aliphatic carboxylic acids is 1. The second kappa shape index (κ2) is 14.2. The van der Waals surface area contributed by atoms with Crippen LogP contribution in [0.4, 0.5) is 0 Å². The predicted molar refractivity (Wildman–Crippen MR) is 157 cm³/mol. The maximum Gasteiger partial charge on any atom is 0.326 e. The molecule has 0 saturated heterocycles. The van der Waals surface area contributed by atoms with Gasteiger partial charge >= 0.3 is 5.97 Å². The number of sulfonamides is 1. The van der Waals surface area contributed by atoms with Gasteiger partial charge in [0.2, 0.25) is 10.0 Å². The lowest BCUT2D eigenvalue weighted by molar-refractivity contribution is -0.139. The van der Waals surface area contributed by atoms with E-state index in [-0.39, 0.29) is 23.4 Å². The molecule has 3 aromatic carbocycles. The molecule has 0 bridgehead atoms. The fraction of sp³-hybridized carbons (Fsp3) is 0.310. The van der Waals surface area contributed by atoms with E-state index in [1.54, 1.807) is 31.4 Å². The van der Waals surface area contributed by atoms with Gasteiger partial charge in [0, 0.05) is 12.1 Å². The Labute approximate surface area is 239 Å². The number of hydrogen-bond donors (Lipinski definition) is 3. The summed E-state index contributed by atoms with van der Waals surface area (Å²) in [6.45, 7) is 1.99. The van der Waals surface area contributed by atoms with Crippen molar-refractivity contribution >= 4 is 33.7 Å². The number of carbonyl (C=O) groups excluding carboxylic acids is 1. The number of amides is 1. The molecule has 0 saturated carbocycles. The molecule has 0 spiro atoms. The number of methoxy groups -OCH3 is 2. The number of benzene rings is 3. The third-order valence-corrected chi connectivity index (χ3v) is 8.45. The summed E-state index contributed by atoms with van der Waals surface area (Å²) in [6.07, 6.45) is 2.54. The van der Waals surface area contributed by atoms with E-state index in [9.17, 15) is 23.1 Å². The number of hydrogen-bond acceptors (Lipinski definition) is 7. The van der Waals surface area contributed by atoms with Crippen LogP contribution in [-0.2, 0) is 21.2 Å². The molecule has 0 heterocycles. The van der Waals surface area contributed by atoms with Crippen LogP contribution in [0.3, 0.4) is 0 Å². The normalized spacial score (nSPS) is 12.0. The molecule has 1 amide bonds. The van der Waals surface area contributed by atoms with E-state index in [1.165, 1.54) is 37.1 Å². The Morgan fingerprint density at radius 2 is 1.70 bits per heavy atom. The standard InChI is InChI=1S/C29H34N2O7S2/c1-19-7-5-6-8-22(19)24-18-21(10-11-23(24)28(32)31-25(29(33)34)14-16-39-4)40(35,36)30-15-13-20-9-12-26(37-2)27(17-20)38-3/h5-12,17-18,25,30H,13-16H2,1-4H3,(H,31,32)(H,33,34)/t25-/m0/s1. The number of carboxylic acid groups (broad SMARTS) is 1. The van der Waals surface area contributed by atoms with E-state index < -0.39 is 27.9 Å². The fourth-order valence-corrected chi connectivity index (χ4v) is 5.69. The van der Waals surface area contributed by atoms with Crippen LogP contribution in [-0.4, -0.2) is 64.2 Å². The van der Waals surface area contributed by atoms with Crippen LogP contribution < -0.4 is 19.5 Å². The molecule has 11 heteroatoms. The van der Waals surface area contributed by atoms with Crippen molar-refractivity contribution in [3.63, 3.8) is 0 Å². The van der Waals surface area contributed by atoms with E-state index in [4.69, 9.17) is 9.47 Å². The van der Waals surface area contributed by atoms with E-state index in [0.717, 1.165) is 11.1 Å². The topological polar surface area (TPSA) is 131 Å². The number of ether oxygens (including phenoxy) is 2. The molecule has 0 unspecified atom stereocenters. The van der Waals surface area contributed by atoms with Crippen molar-refractivity contribution < 1.29 is 32.6 Å². The summed E-state index contributed by atoms with van der Waals surface area (Å²) < 4.78 is 39.7. The molecule has 0 aliphatic carbocycles. The average Bonchev–Trinajstić information content (AvgIpc) is 2.94. The lowest BCUT2D eigenvalue weighted by Crippen LogP contribution is -2.41. The van der Waals surface area contributed by atoms with Gasteiger partial charge in [-0.15, -0.1) is 0 Å². The summed E-state index contributed by atoms with van der Waals surface area (Å²) in [4.78, 5) is 25.0. The first-order valence-corrected chi connectivity index (χ1v) is 15.4. The van der Waals surface area contributed by atoms with Gasteiger partial charge < -0.3 is 19.9 Å². The van der Waals surface area contributed by atoms with E-state index in [2.05, 4.69) is 10.0 Å². The molecule has 3 N–H and O–H groups in total. The molecule has 9 nitrogen and oxygen atoms in total. The molecule has 0 aliphatic heterocycles. The Bertz CT molecular complexity index is 1460. The van der Waals surface area contributed by atoms with Gasteiger partial charge in [0.25, 0.3) is 5.91 Å². The highest BCUT2D eigenvalue weighted by Crippen LogP contribution is 2.30. The monoisotopic (exact) mass is 586 g/mol. The highest BCUT2D eigenvalue weighted by atomic mass is 32.2. The zero-order valence-corrected chi connectivity index (χ0v) is 24.5. The lowest BCUT2D eigenvalue weighted by Gasteiger charge is -2.18. The summed E-state index contributed by atoms with van der Waals surface area (Å²) in [5.74, 6) is -0.0136. The lowest BCUT2D eigenvalue weighted by atomic mass is 9.95. The molecule has 0 radical (unpaired) electrons. The number of thioether (sulfide) groups is 1. The van der Waals surface area contributed by atoms with Crippen LogP contribution >= 0.6 is 11.8 Å². The van der Waals surface area contributed by atoms with Crippen LogP contribution in [0.1, 0.15) is 27.9 Å². The van der Waals surface area contributed by atoms with Crippen LogP contribution in [0.25, 0.3) is 11.1 Å². The molecule has 3 rings (SSSR count). The molecule has 0 aromatic heterocycles. The minimum absolute atomic E-state index is 0.00761. The predicted octanol–water partition coefficient (Wildman–Crippen LogP) is 4.14. The number of aryl methyl sites for hydroxylation is 1.